The van der Waals surface area contributed by atoms with Gasteiger partial charge in [0.1, 0.15) is 0 Å². The van der Waals surface area contributed by atoms with Gasteiger partial charge in [-0.2, -0.15) is 17.4 Å². The molecule has 1 atom stereocenters. The Bertz CT molecular complexity index is 313. The van der Waals surface area contributed by atoms with Gasteiger partial charge in [-0.25, -0.2) is 0 Å². The van der Waals surface area contributed by atoms with Crippen LogP contribution in [0, 0.1) is 0 Å². The number of nitrogens with one attached hydrogen (secondary N) is 1. The average Bonchev–Trinajstić information content (AvgIpc) is 1.99. The molecule has 6 nitrogen and oxygen atoms in total. The third-order valence-corrected chi connectivity index (χ3v) is 3.82. The van der Waals surface area contributed by atoms with Gasteiger partial charge in [-0.1, -0.05) is 0 Å². The molecule has 0 rings (SSSR count). The maximum atomic E-state index is 11.6. The number of carbonyl (C=O) groups is 1. The van der Waals surface area contributed by atoms with Crippen LogP contribution in [-0.4, -0.2) is 42.9 Å². The zero-order chi connectivity index (χ0) is 12.2. The molecule has 0 aromatic carbocycles. The molecule has 0 bridgehead atoms. The zero-order valence-corrected chi connectivity index (χ0v) is 10.2. The van der Waals surface area contributed by atoms with Crippen LogP contribution in [0.5, 0.6) is 0 Å². The van der Waals surface area contributed by atoms with Crippen molar-refractivity contribution in [1.82, 2.24) is 9.03 Å². The smallest absolute Gasteiger partial charge is 0.304 e. The van der Waals surface area contributed by atoms with Crippen molar-refractivity contribution in [2.45, 2.75) is 39.3 Å². The van der Waals surface area contributed by atoms with E-state index in [-0.39, 0.29) is 12.5 Å². The Hall–Kier alpha value is -0.660. The Kier molecular flexibility index (Phi) is 5.19. The molecular weight excluding hydrogens is 220 g/mol. The van der Waals surface area contributed by atoms with Gasteiger partial charge in [-0.3, -0.25) is 4.79 Å². The van der Waals surface area contributed by atoms with Crippen LogP contribution in [-0.2, 0) is 15.0 Å². The third kappa shape index (κ3) is 5.10. The fourth-order valence-corrected chi connectivity index (χ4v) is 2.23. The van der Waals surface area contributed by atoms with Crippen molar-refractivity contribution in [2.24, 2.45) is 0 Å². The van der Waals surface area contributed by atoms with E-state index in [4.69, 9.17) is 5.11 Å². The molecule has 90 valence electrons. The van der Waals surface area contributed by atoms with Crippen molar-refractivity contribution < 1.29 is 18.3 Å². The number of rotatable bonds is 6. The molecule has 0 heterocycles. The summed E-state index contributed by atoms with van der Waals surface area (Å²) in [6.45, 7) is 4.99. The van der Waals surface area contributed by atoms with Crippen LogP contribution in [0.1, 0.15) is 27.2 Å². The highest BCUT2D eigenvalue weighted by Crippen LogP contribution is 2.03. The van der Waals surface area contributed by atoms with Crippen molar-refractivity contribution in [2.75, 3.05) is 7.05 Å². The molecule has 1 unspecified atom stereocenters. The molecule has 7 heteroatoms. The highest BCUT2D eigenvalue weighted by atomic mass is 32.2. The number of carboxylic acids is 1. The fourth-order valence-electron chi connectivity index (χ4n) is 0.919. The van der Waals surface area contributed by atoms with Gasteiger partial charge in [0.25, 0.3) is 10.2 Å². The van der Waals surface area contributed by atoms with Gasteiger partial charge in [-0.05, 0) is 20.8 Å². The molecule has 0 saturated heterocycles. The molecule has 0 aliphatic heterocycles. The second kappa shape index (κ2) is 5.43. The third-order valence-electron chi connectivity index (χ3n) is 1.94. The summed E-state index contributed by atoms with van der Waals surface area (Å²) in [7, 11) is -2.14. The molecule has 0 aromatic heterocycles. The zero-order valence-electron chi connectivity index (χ0n) is 9.39. The topological polar surface area (TPSA) is 86.7 Å². The van der Waals surface area contributed by atoms with Crippen LogP contribution in [0.15, 0.2) is 0 Å². The minimum absolute atomic E-state index is 0.167. The highest BCUT2D eigenvalue weighted by molar-refractivity contribution is 7.87. The lowest BCUT2D eigenvalue weighted by atomic mass is 10.3. The first kappa shape index (κ1) is 14.3. The Balaban J connectivity index is 4.45. The first-order valence-corrected chi connectivity index (χ1v) is 6.08. The average molecular weight is 238 g/mol. The quantitative estimate of drug-likeness (QED) is 0.683. The van der Waals surface area contributed by atoms with Crippen molar-refractivity contribution in [3.05, 3.63) is 0 Å². The Morgan fingerprint density at radius 2 is 1.87 bits per heavy atom. The molecule has 0 radical (unpaired) electrons. The first-order chi connectivity index (χ1) is 6.66. The van der Waals surface area contributed by atoms with Gasteiger partial charge in [0.15, 0.2) is 0 Å². The predicted molar refractivity (Wildman–Crippen MR) is 56.7 cm³/mol. The largest absolute Gasteiger partial charge is 0.481 e. The van der Waals surface area contributed by atoms with E-state index in [0.29, 0.717) is 0 Å². The Morgan fingerprint density at radius 3 is 2.20 bits per heavy atom. The lowest BCUT2D eigenvalue weighted by Crippen LogP contribution is -2.45. The maximum Gasteiger partial charge on any atom is 0.304 e. The Morgan fingerprint density at radius 1 is 1.40 bits per heavy atom. The second-order valence-electron chi connectivity index (χ2n) is 3.73. The van der Waals surface area contributed by atoms with Crippen LogP contribution in [0.2, 0.25) is 0 Å². The minimum Gasteiger partial charge on any atom is -0.481 e. The normalized spacial score (nSPS) is 14.5. The molecule has 15 heavy (non-hydrogen) atoms. The number of nitrogens with zero attached hydrogens (tertiary/aromatic N) is 1. The molecule has 0 spiro atoms. The monoisotopic (exact) mass is 238 g/mol. The molecule has 2 N–H and O–H groups in total. The summed E-state index contributed by atoms with van der Waals surface area (Å²) in [5.41, 5.74) is 0. The second-order valence-corrected chi connectivity index (χ2v) is 5.49. The van der Waals surface area contributed by atoms with Crippen molar-refractivity contribution in [3.63, 3.8) is 0 Å². The van der Waals surface area contributed by atoms with E-state index in [1.807, 2.05) is 0 Å². The number of hydrogen-bond acceptors (Lipinski definition) is 3. The van der Waals surface area contributed by atoms with E-state index < -0.39 is 22.2 Å². The summed E-state index contributed by atoms with van der Waals surface area (Å²) < 4.78 is 26.6. The minimum atomic E-state index is -3.58. The highest BCUT2D eigenvalue weighted by Gasteiger charge is 2.23. The van der Waals surface area contributed by atoms with E-state index in [2.05, 4.69) is 4.72 Å². The van der Waals surface area contributed by atoms with Gasteiger partial charge in [0, 0.05) is 19.1 Å². The summed E-state index contributed by atoms with van der Waals surface area (Å²) in [6.07, 6.45) is -0.231. The van der Waals surface area contributed by atoms with Gasteiger partial charge >= 0.3 is 5.97 Å². The van der Waals surface area contributed by atoms with Crippen LogP contribution < -0.4 is 4.72 Å². The van der Waals surface area contributed by atoms with E-state index in [0.717, 1.165) is 4.31 Å². The van der Waals surface area contributed by atoms with E-state index >= 15 is 0 Å². The van der Waals surface area contributed by atoms with Crippen molar-refractivity contribution >= 4 is 16.2 Å². The number of carboxylic acid groups (broad SMARTS) is 1. The lowest BCUT2D eigenvalue weighted by Gasteiger charge is -2.23. The molecule has 0 fully saturated rings. The first-order valence-electron chi connectivity index (χ1n) is 4.64. The predicted octanol–water partition coefficient (Wildman–Crippen LogP) is 0.0242. The standard InChI is InChI=1S/C8H18N2O4S/c1-6(2)10(4)15(13,14)9-7(3)5-8(11)12/h6-7,9H,5H2,1-4H3,(H,11,12). The summed E-state index contributed by atoms with van der Waals surface area (Å²) in [5, 5.41) is 8.48. The van der Waals surface area contributed by atoms with E-state index in [1.54, 1.807) is 13.8 Å². The molecule has 0 aliphatic rings. The van der Waals surface area contributed by atoms with Crippen LogP contribution >= 0.6 is 0 Å². The summed E-state index contributed by atoms with van der Waals surface area (Å²) in [5.74, 6) is -1.03. The van der Waals surface area contributed by atoms with Crippen LogP contribution in [0.3, 0.4) is 0 Å². The molecule has 0 saturated carbocycles. The Labute approximate surface area is 90.5 Å². The summed E-state index contributed by atoms with van der Waals surface area (Å²) in [6, 6.07) is -0.784. The molecule has 0 amide bonds. The van der Waals surface area contributed by atoms with Crippen molar-refractivity contribution in [1.29, 1.82) is 0 Å². The summed E-state index contributed by atoms with van der Waals surface area (Å²) >= 11 is 0. The van der Waals surface area contributed by atoms with Crippen LogP contribution in [0.25, 0.3) is 0 Å². The fraction of sp³-hybridized carbons (Fsp3) is 0.875. The lowest BCUT2D eigenvalue weighted by molar-refractivity contribution is -0.137. The van der Waals surface area contributed by atoms with E-state index in [1.165, 1.54) is 14.0 Å². The number of aliphatic carboxylic acids is 1. The van der Waals surface area contributed by atoms with Crippen LogP contribution in [0.4, 0.5) is 0 Å². The van der Waals surface area contributed by atoms with E-state index in [9.17, 15) is 13.2 Å². The van der Waals surface area contributed by atoms with Gasteiger partial charge in [-0.15, -0.1) is 0 Å². The molecular formula is C8H18N2O4S. The van der Waals surface area contributed by atoms with Crippen molar-refractivity contribution in [3.8, 4) is 0 Å². The maximum absolute atomic E-state index is 11.6. The van der Waals surface area contributed by atoms with Gasteiger partial charge in [0.2, 0.25) is 0 Å². The van der Waals surface area contributed by atoms with Gasteiger partial charge in [0.05, 0.1) is 6.42 Å². The SMILES string of the molecule is CC(CC(=O)O)NS(=O)(=O)N(C)C(C)C. The van der Waals surface area contributed by atoms with Gasteiger partial charge < -0.3 is 5.11 Å². The summed E-state index contributed by atoms with van der Waals surface area (Å²) in [4.78, 5) is 10.4. The number of hydrogen-bond donors (Lipinski definition) is 2. The molecule has 0 aliphatic carbocycles. The molecule has 0 aromatic rings.